The van der Waals surface area contributed by atoms with Crippen LogP contribution in [0.2, 0.25) is 0 Å². The Labute approximate surface area is 86.5 Å². The lowest BCUT2D eigenvalue weighted by atomic mass is 10.3. The molecule has 0 aromatic rings. The number of alkyl halides is 3. The van der Waals surface area contributed by atoms with Gasteiger partial charge < -0.3 is 4.74 Å². The van der Waals surface area contributed by atoms with Gasteiger partial charge in [0.1, 0.15) is 0 Å². The monoisotopic (exact) mass is 250 g/mol. The summed E-state index contributed by atoms with van der Waals surface area (Å²) in [6.07, 6.45) is 0.663. The minimum absolute atomic E-state index is 0.204. The van der Waals surface area contributed by atoms with E-state index in [4.69, 9.17) is 4.74 Å². The molecule has 8 heteroatoms. The van der Waals surface area contributed by atoms with E-state index in [-0.39, 0.29) is 6.42 Å². The topological polar surface area (TPSA) is 52.6 Å². The summed E-state index contributed by atoms with van der Waals surface area (Å²) in [5, 5.41) is 0. The van der Waals surface area contributed by atoms with Crippen LogP contribution in [0, 0.1) is 0 Å². The first-order valence-corrected chi connectivity index (χ1v) is 5.75. The van der Waals surface area contributed by atoms with Gasteiger partial charge in [-0.3, -0.25) is 4.18 Å². The molecule has 0 aromatic carbocycles. The fourth-order valence-corrected chi connectivity index (χ4v) is 1.16. The Bertz CT molecular complexity index is 260. The van der Waals surface area contributed by atoms with Crippen LogP contribution < -0.4 is 0 Å². The van der Waals surface area contributed by atoms with Crippen molar-refractivity contribution >= 4 is 10.1 Å². The largest absolute Gasteiger partial charge is 0.523 e. The second-order valence-corrected chi connectivity index (χ2v) is 4.23. The molecule has 0 aliphatic carbocycles. The highest BCUT2D eigenvalue weighted by molar-refractivity contribution is 7.87. The Kier molecular flexibility index (Phi) is 6.15. The Balaban J connectivity index is 3.69. The van der Waals surface area contributed by atoms with Crippen LogP contribution in [0.3, 0.4) is 0 Å². The smallest absolute Gasteiger partial charge is 0.382 e. The molecule has 0 bridgehead atoms. The lowest BCUT2D eigenvalue weighted by Gasteiger charge is -2.07. The van der Waals surface area contributed by atoms with E-state index in [1.165, 1.54) is 0 Å². The third kappa shape index (κ3) is 5.95. The summed E-state index contributed by atoms with van der Waals surface area (Å²) in [4.78, 5) is 0. The van der Waals surface area contributed by atoms with Crippen LogP contribution in [0.5, 0.6) is 0 Å². The first-order chi connectivity index (χ1) is 6.81. The summed E-state index contributed by atoms with van der Waals surface area (Å²) in [6, 6.07) is 0. The summed E-state index contributed by atoms with van der Waals surface area (Å²) in [6.45, 7) is 2.20. The molecule has 0 atom stereocenters. The lowest BCUT2D eigenvalue weighted by molar-refractivity contribution is -0.0543. The molecule has 0 aromatic heterocycles. The zero-order valence-corrected chi connectivity index (χ0v) is 9.03. The molecular formula is C7H13F3O4S. The van der Waals surface area contributed by atoms with Crippen molar-refractivity contribution in [3.05, 3.63) is 0 Å². The number of ether oxygens (including phenoxy) is 1. The number of unbranched alkanes of at least 4 members (excludes halogenated alkanes) is 1. The molecule has 0 amide bonds. The van der Waals surface area contributed by atoms with Gasteiger partial charge in [-0.1, -0.05) is 0 Å². The molecule has 0 saturated heterocycles. The van der Waals surface area contributed by atoms with Crippen molar-refractivity contribution in [1.29, 1.82) is 0 Å². The fraction of sp³-hybridized carbons (Fsp3) is 1.00. The summed E-state index contributed by atoms with van der Waals surface area (Å²) in [7, 11) is -5.43. The average molecular weight is 250 g/mol. The predicted molar refractivity (Wildman–Crippen MR) is 46.7 cm³/mol. The maximum absolute atomic E-state index is 11.7. The molecule has 15 heavy (non-hydrogen) atoms. The van der Waals surface area contributed by atoms with Gasteiger partial charge in [-0.15, -0.1) is 0 Å². The van der Waals surface area contributed by atoms with E-state index >= 15 is 0 Å². The van der Waals surface area contributed by atoms with E-state index < -0.39 is 22.2 Å². The number of hydrogen-bond acceptors (Lipinski definition) is 4. The summed E-state index contributed by atoms with van der Waals surface area (Å²) < 4.78 is 64.6. The van der Waals surface area contributed by atoms with Crippen LogP contribution in [-0.2, 0) is 19.0 Å². The Hall–Kier alpha value is -0.340. The second kappa shape index (κ2) is 6.29. The first-order valence-electron chi connectivity index (χ1n) is 4.34. The highest BCUT2D eigenvalue weighted by Crippen LogP contribution is 2.24. The summed E-state index contributed by atoms with van der Waals surface area (Å²) in [5.41, 5.74) is -5.34. The van der Waals surface area contributed by atoms with Crippen LogP contribution in [-0.4, -0.2) is 33.7 Å². The van der Waals surface area contributed by atoms with Gasteiger partial charge in [-0.2, -0.15) is 21.6 Å². The van der Waals surface area contributed by atoms with E-state index in [1.54, 1.807) is 6.92 Å². The molecule has 0 rings (SSSR count). The van der Waals surface area contributed by atoms with Crippen molar-refractivity contribution in [2.75, 3.05) is 19.8 Å². The van der Waals surface area contributed by atoms with Gasteiger partial charge in [0.25, 0.3) is 0 Å². The van der Waals surface area contributed by atoms with Gasteiger partial charge in [0.2, 0.25) is 0 Å². The van der Waals surface area contributed by atoms with Crippen molar-refractivity contribution < 1.29 is 30.5 Å². The second-order valence-electron chi connectivity index (χ2n) is 2.63. The molecule has 92 valence electrons. The molecule has 0 N–H and O–H groups in total. The minimum atomic E-state index is -5.43. The van der Waals surface area contributed by atoms with Gasteiger partial charge >= 0.3 is 15.6 Å². The Morgan fingerprint density at radius 2 is 1.67 bits per heavy atom. The zero-order chi connectivity index (χ0) is 11.9. The molecule has 0 unspecified atom stereocenters. The van der Waals surface area contributed by atoms with Crippen LogP contribution in [0.25, 0.3) is 0 Å². The fourth-order valence-electron chi connectivity index (χ4n) is 0.686. The van der Waals surface area contributed by atoms with Gasteiger partial charge in [-0.25, -0.2) is 0 Å². The average Bonchev–Trinajstić information content (AvgIpc) is 2.09. The van der Waals surface area contributed by atoms with E-state index in [0.29, 0.717) is 19.6 Å². The van der Waals surface area contributed by atoms with Crippen molar-refractivity contribution in [2.45, 2.75) is 25.3 Å². The quantitative estimate of drug-likeness (QED) is 0.392. The van der Waals surface area contributed by atoms with E-state index in [2.05, 4.69) is 4.18 Å². The Morgan fingerprint density at radius 3 is 2.13 bits per heavy atom. The van der Waals surface area contributed by atoms with Gasteiger partial charge in [-0.05, 0) is 19.8 Å². The van der Waals surface area contributed by atoms with Crippen molar-refractivity contribution in [3.63, 3.8) is 0 Å². The first kappa shape index (κ1) is 14.7. The van der Waals surface area contributed by atoms with Gasteiger partial charge in [0, 0.05) is 13.2 Å². The maximum Gasteiger partial charge on any atom is 0.523 e. The molecule has 0 fully saturated rings. The van der Waals surface area contributed by atoms with Crippen LogP contribution in [0.1, 0.15) is 19.8 Å². The minimum Gasteiger partial charge on any atom is -0.382 e. The SMILES string of the molecule is CCOCCCCOS(=O)(=O)C(F)(F)F. The summed E-state index contributed by atoms with van der Waals surface area (Å²) in [5.74, 6) is 0. The molecule has 0 aliphatic rings. The van der Waals surface area contributed by atoms with E-state index in [0.717, 1.165) is 0 Å². The summed E-state index contributed by atoms with van der Waals surface area (Å²) >= 11 is 0. The zero-order valence-electron chi connectivity index (χ0n) is 8.21. The molecule has 0 heterocycles. The molecule has 0 spiro atoms. The number of halogens is 3. The maximum atomic E-state index is 11.7. The van der Waals surface area contributed by atoms with Crippen LogP contribution in [0.4, 0.5) is 13.2 Å². The molecule has 0 radical (unpaired) electrons. The molecule has 4 nitrogen and oxygen atoms in total. The third-order valence-corrected chi connectivity index (χ3v) is 2.45. The molecular weight excluding hydrogens is 237 g/mol. The van der Waals surface area contributed by atoms with Crippen molar-refractivity contribution in [1.82, 2.24) is 0 Å². The molecule has 0 saturated carbocycles. The highest BCUT2D eigenvalue weighted by atomic mass is 32.2. The Morgan fingerprint density at radius 1 is 1.13 bits per heavy atom. The standard InChI is InChI=1S/C7H13F3O4S/c1-2-13-5-3-4-6-14-15(11,12)7(8,9)10/h2-6H2,1H3. The van der Waals surface area contributed by atoms with Gasteiger partial charge in [0.05, 0.1) is 6.61 Å². The molecule has 0 aliphatic heterocycles. The normalized spacial score (nSPS) is 13.1. The van der Waals surface area contributed by atoms with Crippen molar-refractivity contribution in [2.24, 2.45) is 0 Å². The number of hydrogen-bond donors (Lipinski definition) is 0. The lowest BCUT2D eigenvalue weighted by Crippen LogP contribution is -2.25. The predicted octanol–water partition coefficient (Wildman–Crippen LogP) is 1.67. The highest BCUT2D eigenvalue weighted by Gasteiger charge is 2.47. The van der Waals surface area contributed by atoms with E-state index in [9.17, 15) is 21.6 Å². The van der Waals surface area contributed by atoms with Crippen LogP contribution in [0.15, 0.2) is 0 Å². The van der Waals surface area contributed by atoms with E-state index in [1.807, 2.05) is 0 Å². The van der Waals surface area contributed by atoms with Gasteiger partial charge in [0.15, 0.2) is 0 Å². The van der Waals surface area contributed by atoms with Crippen molar-refractivity contribution in [3.8, 4) is 0 Å². The van der Waals surface area contributed by atoms with Crippen LogP contribution >= 0.6 is 0 Å². The third-order valence-electron chi connectivity index (χ3n) is 1.41. The number of rotatable bonds is 7.